The molecule has 2 aromatic rings. The predicted molar refractivity (Wildman–Crippen MR) is 91.8 cm³/mol. The van der Waals surface area contributed by atoms with Gasteiger partial charge in [-0.05, 0) is 29.8 Å². The van der Waals surface area contributed by atoms with Crippen molar-refractivity contribution in [3.63, 3.8) is 0 Å². The number of fused-ring (bicyclic) bond motifs is 1. The van der Waals surface area contributed by atoms with Gasteiger partial charge in [-0.25, -0.2) is 4.98 Å². The average molecular weight is 392 g/mol. The highest BCUT2D eigenvalue weighted by Gasteiger charge is 2.33. The first-order valence-electron chi connectivity index (χ1n) is 8.45. The number of ether oxygens (including phenoxy) is 3. The monoisotopic (exact) mass is 392 g/mol. The number of carbonyl (C=O) groups is 1. The largest absolute Gasteiger partial charge is 0.471 e. The number of nitrogens with zero attached hydrogens (tertiary/aromatic N) is 2. The number of hydrogen-bond acceptors (Lipinski definition) is 5. The van der Waals surface area contributed by atoms with Crippen molar-refractivity contribution in [2.45, 2.75) is 12.3 Å². The number of benzene rings is 1. The van der Waals surface area contributed by atoms with Gasteiger partial charge in [-0.2, -0.15) is 13.2 Å². The van der Waals surface area contributed by atoms with E-state index in [1.165, 1.54) is 11.0 Å². The quantitative estimate of drug-likeness (QED) is 0.749. The van der Waals surface area contributed by atoms with E-state index in [0.29, 0.717) is 11.5 Å². The fourth-order valence-corrected chi connectivity index (χ4v) is 2.80. The molecule has 28 heavy (non-hydrogen) atoms. The fourth-order valence-electron chi connectivity index (χ4n) is 2.80. The lowest BCUT2D eigenvalue weighted by Crippen LogP contribution is -2.55. The van der Waals surface area contributed by atoms with Crippen molar-refractivity contribution >= 4 is 12.0 Å². The van der Waals surface area contributed by atoms with Crippen LogP contribution >= 0.6 is 0 Å². The topological polar surface area (TPSA) is 60.9 Å². The molecule has 0 unspecified atom stereocenters. The lowest BCUT2D eigenvalue weighted by atomic mass is 10.1. The van der Waals surface area contributed by atoms with E-state index in [0.717, 1.165) is 23.9 Å². The highest BCUT2D eigenvalue weighted by molar-refractivity contribution is 5.92. The van der Waals surface area contributed by atoms with Gasteiger partial charge < -0.3 is 19.1 Å². The van der Waals surface area contributed by atoms with Crippen LogP contribution in [0.25, 0.3) is 6.08 Å². The molecule has 0 radical (unpaired) electrons. The van der Waals surface area contributed by atoms with Crippen molar-refractivity contribution in [1.29, 1.82) is 0 Å². The molecule has 0 bridgehead atoms. The molecule has 1 amide bonds. The van der Waals surface area contributed by atoms with Crippen LogP contribution in [0, 0.1) is 0 Å². The van der Waals surface area contributed by atoms with E-state index >= 15 is 0 Å². The first kappa shape index (κ1) is 18.1. The standard InChI is InChI=1S/C19H15F3N2O4/c20-19(21,22)13-5-6-23-17(8-13)28-14-9-24(10-14)18(25)4-2-12-1-3-15-16(7-12)27-11-26-15/h1-8,14H,9-11H2/b4-2+. The number of alkyl halides is 3. The highest BCUT2D eigenvalue weighted by atomic mass is 19.4. The van der Waals surface area contributed by atoms with E-state index in [1.807, 2.05) is 0 Å². The second-order valence-corrected chi connectivity index (χ2v) is 6.31. The summed E-state index contributed by atoms with van der Waals surface area (Å²) in [5.74, 6) is 0.965. The van der Waals surface area contributed by atoms with Crippen LogP contribution in [0.3, 0.4) is 0 Å². The van der Waals surface area contributed by atoms with Gasteiger partial charge in [0.25, 0.3) is 0 Å². The molecule has 0 aliphatic carbocycles. The fraction of sp³-hybridized carbons (Fsp3) is 0.263. The number of aromatic nitrogens is 1. The Morgan fingerprint density at radius 1 is 1.18 bits per heavy atom. The zero-order chi connectivity index (χ0) is 19.7. The first-order valence-corrected chi connectivity index (χ1v) is 8.45. The summed E-state index contributed by atoms with van der Waals surface area (Å²) < 4.78 is 54.1. The number of pyridine rings is 1. The Morgan fingerprint density at radius 3 is 2.75 bits per heavy atom. The molecule has 6 nitrogen and oxygen atoms in total. The van der Waals surface area contributed by atoms with Gasteiger partial charge in [-0.3, -0.25) is 4.79 Å². The molecule has 0 saturated carbocycles. The smallest absolute Gasteiger partial charge is 0.416 e. The summed E-state index contributed by atoms with van der Waals surface area (Å²) in [4.78, 5) is 17.5. The molecule has 146 valence electrons. The zero-order valence-corrected chi connectivity index (χ0v) is 14.5. The Labute approximate surface area is 158 Å². The van der Waals surface area contributed by atoms with Crippen LogP contribution in [0.4, 0.5) is 13.2 Å². The van der Waals surface area contributed by atoms with E-state index < -0.39 is 11.7 Å². The van der Waals surface area contributed by atoms with Gasteiger partial charge in [0.15, 0.2) is 11.5 Å². The SMILES string of the molecule is O=C(/C=C/c1ccc2c(c1)OCO2)N1CC(Oc2cc(C(F)(F)F)ccn2)C1. The molecule has 4 rings (SSSR count). The summed E-state index contributed by atoms with van der Waals surface area (Å²) in [6.45, 7) is 0.738. The minimum atomic E-state index is -4.46. The van der Waals surface area contributed by atoms with E-state index in [-0.39, 0.29) is 37.8 Å². The van der Waals surface area contributed by atoms with Gasteiger partial charge in [0.1, 0.15) is 6.10 Å². The van der Waals surface area contributed by atoms with Crippen LogP contribution in [-0.4, -0.2) is 41.8 Å². The number of carbonyl (C=O) groups excluding carboxylic acids is 1. The summed E-state index contributed by atoms with van der Waals surface area (Å²) in [5, 5.41) is 0. The summed E-state index contributed by atoms with van der Waals surface area (Å²) in [6.07, 6.45) is -0.710. The van der Waals surface area contributed by atoms with Gasteiger partial charge in [0.05, 0.1) is 18.7 Å². The normalized spacial score (nSPS) is 16.3. The van der Waals surface area contributed by atoms with Crippen molar-refractivity contribution in [3.05, 3.63) is 53.7 Å². The number of hydrogen-bond donors (Lipinski definition) is 0. The van der Waals surface area contributed by atoms with Gasteiger partial charge in [-0.1, -0.05) is 6.07 Å². The number of rotatable bonds is 4. The molecule has 9 heteroatoms. The Balaban J connectivity index is 1.30. The van der Waals surface area contributed by atoms with E-state index in [9.17, 15) is 18.0 Å². The molecule has 1 fully saturated rings. The molecule has 0 spiro atoms. The van der Waals surface area contributed by atoms with E-state index in [2.05, 4.69) is 4.98 Å². The van der Waals surface area contributed by atoms with Crippen molar-refractivity contribution in [3.8, 4) is 17.4 Å². The lowest BCUT2D eigenvalue weighted by molar-refractivity contribution is -0.137. The molecule has 3 heterocycles. The van der Waals surface area contributed by atoms with E-state index in [4.69, 9.17) is 14.2 Å². The molecule has 2 aliphatic heterocycles. The Morgan fingerprint density at radius 2 is 1.96 bits per heavy atom. The minimum absolute atomic E-state index is 0.108. The summed E-state index contributed by atoms with van der Waals surface area (Å²) in [6, 6.07) is 7.07. The van der Waals surface area contributed by atoms with Crippen molar-refractivity contribution in [2.75, 3.05) is 19.9 Å². The Bertz CT molecular complexity index is 924. The van der Waals surface area contributed by atoms with Crippen molar-refractivity contribution in [2.24, 2.45) is 0 Å². The minimum Gasteiger partial charge on any atom is -0.471 e. The van der Waals surface area contributed by atoms with Crippen LogP contribution in [0.15, 0.2) is 42.6 Å². The molecule has 1 aromatic heterocycles. The van der Waals surface area contributed by atoms with Gasteiger partial charge in [0, 0.05) is 18.3 Å². The van der Waals surface area contributed by atoms with E-state index in [1.54, 1.807) is 24.3 Å². The zero-order valence-electron chi connectivity index (χ0n) is 14.5. The third-order valence-corrected chi connectivity index (χ3v) is 4.32. The van der Waals surface area contributed by atoms with Crippen LogP contribution in [0.2, 0.25) is 0 Å². The highest BCUT2D eigenvalue weighted by Crippen LogP contribution is 2.33. The molecule has 2 aliphatic rings. The number of halogens is 3. The summed E-state index contributed by atoms with van der Waals surface area (Å²) >= 11 is 0. The average Bonchev–Trinajstić information content (AvgIpc) is 3.09. The molecule has 1 saturated heterocycles. The van der Waals surface area contributed by atoms with Gasteiger partial charge in [-0.15, -0.1) is 0 Å². The molecule has 1 aromatic carbocycles. The van der Waals surface area contributed by atoms with Crippen LogP contribution in [-0.2, 0) is 11.0 Å². The predicted octanol–water partition coefficient (Wildman–Crippen LogP) is 3.13. The van der Waals surface area contributed by atoms with Crippen LogP contribution in [0.5, 0.6) is 17.4 Å². The maximum Gasteiger partial charge on any atom is 0.416 e. The maximum atomic E-state index is 12.7. The third kappa shape index (κ3) is 3.88. The summed E-state index contributed by atoms with van der Waals surface area (Å²) in [5.41, 5.74) is -0.0319. The molecule has 0 atom stereocenters. The van der Waals surface area contributed by atoms with Crippen LogP contribution < -0.4 is 14.2 Å². The van der Waals surface area contributed by atoms with Crippen LogP contribution in [0.1, 0.15) is 11.1 Å². The van der Waals surface area contributed by atoms with Crippen molar-refractivity contribution in [1.82, 2.24) is 9.88 Å². The molecule has 0 N–H and O–H groups in total. The number of likely N-dealkylation sites (tertiary alicyclic amines) is 1. The molecular weight excluding hydrogens is 377 g/mol. The second-order valence-electron chi connectivity index (χ2n) is 6.31. The Kier molecular flexibility index (Phi) is 4.58. The lowest BCUT2D eigenvalue weighted by Gasteiger charge is -2.38. The third-order valence-electron chi connectivity index (χ3n) is 4.32. The Hall–Kier alpha value is -3.23. The number of amides is 1. The van der Waals surface area contributed by atoms with Gasteiger partial charge in [0.2, 0.25) is 18.6 Å². The first-order chi connectivity index (χ1) is 13.4. The second kappa shape index (κ2) is 7.06. The maximum absolute atomic E-state index is 12.7. The summed E-state index contributed by atoms with van der Waals surface area (Å²) in [7, 11) is 0. The molecular formula is C19H15F3N2O4. The van der Waals surface area contributed by atoms with Gasteiger partial charge >= 0.3 is 6.18 Å². The van der Waals surface area contributed by atoms with Crippen molar-refractivity contribution < 1.29 is 32.2 Å².